The first-order chi connectivity index (χ1) is 5.70. The van der Waals surface area contributed by atoms with Crippen molar-refractivity contribution in [1.29, 1.82) is 0 Å². The highest BCUT2D eigenvalue weighted by Gasteiger charge is 2.06. The molecule has 0 saturated heterocycles. The Labute approximate surface area is 72.8 Å². The maximum absolute atomic E-state index is 5.78. The van der Waals surface area contributed by atoms with Gasteiger partial charge in [0.1, 0.15) is 5.82 Å². The summed E-state index contributed by atoms with van der Waals surface area (Å²) in [6, 6.07) is 0. The van der Waals surface area contributed by atoms with Crippen LogP contribution in [-0.2, 0) is 12.8 Å². The fraction of sp³-hybridized carbons (Fsp3) is 0.444. The van der Waals surface area contributed by atoms with Crippen molar-refractivity contribution in [3.8, 4) is 0 Å². The number of nitrogens with zero attached hydrogens (tertiary/aromatic N) is 1. The lowest BCUT2D eigenvalue weighted by molar-refractivity contribution is 1.02. The van der Waals surface area contributed by atoms with E-state index in [9.17, 15) is 0 Å². The van der Waals surface area contributed by atoms with Crippen molar-refractivity contribution in [3.05, 3.63) is 17.3 Å². The van der Waals surface area contributed by atoms with Crippen molar-refractivity contribution < 1.29 is 0 Å². The van der Waals surface area contributed by atoms with Crippen LogP contribution in [0.1, 0.15) is 25.0 Å². The van der Waals surface area contributed by atoms with Crippen molar-refractivity contribution in [3.63, 3.8) is 0 Å². The average molecular weight is 165 g/mol. The van der Waals surface area contributed by atoms with E-state index in [2.05, 4.69) is 18.8 Å². The lowest BCUT2D eigenvalue weighted by Crippen LogP contribution is -2.05. The molecular weight excluding hydrogens is 150 g/mol. The Balaban J connectivity index is 3.25. The Bertz CT molecular complexity index is 281. The Hall–Kier alpha value is -1.25. The number of anilines is 2. The minimum atomic E-state index is 0.448. The van der Waals surface area contributed by atoms with E-state index in [0.717, 1.165) is 18.4 Å². The number of aryl methyl sites for hydroxylation is 1. The highest BCUT2D eigenvalue weighted by atomic mass is 14.9. The zero-order chi connectivity index (χ0) is 9.14. The molecule has 0 fully saturated rings. The smallest absolute Gasteiger partial charge is 0.146 e. The van der Waals surface area contributed by atoms with Gasteiger partial charge in [-0.3, -0.25) is 0 Å². The molecule has 1 aromatic rings. The topological polar surface area (TPSA) is 64.9 Å². The first kappa shape index (κ1) is 8.84. The van der Waals surface area contributed by atoms with Gasteiger partial charge >= 0.3 is 0 Å². The van der Waals surface area contributed by atoms with Gasteiger partial charge in [-0.25, -0.2) is 4.98 Å². The summed E-state index contributed by atoms with van der Waals surface area (Å²) in [5, 5.41) is 0. The largest absolute Gasteiger partial charge is 0.396 e. The number of nitrogen functional groups attached to an aromatic ring is 2. The third-order valence-electron chi connectivity index (χ3n) is 2.08. The number of aromatic nitrogens is 1. The number of pyridine rings is 1. The highest BCUT2D eigenvalue weighted by Crippen LogP contribution is 2.21. The molecule has 0 unspecified atom stereocenters. The van der Waals surface area contributed by atoms with Crippen LogP contribution in [0.2, 0.25) is 0 Å². The van der Waals surface area contributed by atoms with Gasteiger partial charge < -0.3 is 11.5 Å². The van der Waals surface area contributed by atoms with Crippen molar-refractivity contribution in [2.45, 2.75) is 26.7 Å². The minimum Gasteiger partial charge on any atom is -0.396 e. The molecule has 0 spiro atoms. The Morgan fingerprint density at radius 3 is 2.42 bits per heavy atom. The summed E-state index contributed by atoms with van der Waals surface area (Å²) in [5.41, 5.74) is 14.4. The first-order valence-electron chi connectivity index (χ1n) is 4.22. The van der Waals surface area contributed by atoms with Crippen LogP contribution in [0.4, 0.5) is 11.5 Å². The van der Waals surface area contributed by atoms with Crippen molar-refractivity contribution in [2.75, 3.05) is 11.5 Å². The zero-order valence-corrected chi connectivity index (χ0v) is 7.59. The number of hydrogen-bond acceptors (Lipinski definition) is 3. The molecule has 4 N–H and O–H groups in total. The van der Waals surface area contributed by atoms with Crippen molar-refractivity contribution in [2.24, 2.45) is 0 Å². The predicted octanol–water partition coefficient (Wildman–Crippen LogP) is 1.37. The standard InChI is InChI=1S/C9H15N3/c1-3-6-5-12-9(11)8(10)7(6)4-2/h5H,3-4,10H2,1-2H3,(H2,11,12). The molecule has 0 radical (unpaired) electrons. The van der Waals surface area contributed by atoms with Crippen molar-refractivity contribution in [1.82, 2.24) is 4.98 Å². The van der Waals surface area contributed by atoms with Crippen LogP contribution in [0.5, 0.6) is 0 Å². The normalized spacial score (nSPS) is 10.2. The molecule has 0 bridgehead atoms. The van der Waals surface area contributed by atoms with E-state index in [1.807, 2.05) is 6.20 Å². The van der Waals surface area contributed by atoms with Crippen molar-refractivity contribution >= 4 is 11.5 Å². The van der Waals surface area contributed by atoms with Crippen LogP contribution >= 0.6 is 0 Å². The fourth-order valence-corrected chi connectivity index (χ4v) is 1.34. The predicted molar refractivity (Wildman–Crippen MR) is 51.8 cm³/mol. The molecule has 0 aliphatic heterocycles. The molecule has 0 aliphatic rings. The van der Waals surface area contributed by atoms with E-state index in [4.69, 9.17) is 11.5 Å². The van der Waals surface area contributed by atoms with Gasteiger partial charge in [0.15, 0.2) is 0 Å². The summed E-state index contributed by atoms with van der Waals surface area (Å²) in [4.78, 5) is 4.01. The van der Waals surface area contributed by atoms with Gasteiger partial charge in [0.05, 0.1) is 5.69 Å². The number of nitrogens with two attached hydrogens (primary N) is 2. The van der Waals surface area contributed by atoms with E-state index in [1.165, 1.54) is 5.56 Å². The maximum Gasteiger partial charge on any atom is 0.146 e. The molecule has 0 atom stereocenters. The van der Waals surface area contributed by atoms with Crippen LogP contribution in [-0.4, -0.2) is 4.98 Å². The monoisotopic (exact) mass is 165 g/mol. The van der Waals surface area contributed by atoms with E-state index in [-0.39, 0.29) is 0 Å². The summed E-state index contributed by atoms with van der Waals surface area (Å²) in [7, 11) is 0. The van der Waals surface area contributed by atoms with E-state index < -0.39 is 0 Å². The Kier molecular flexibility index (Phi) is 2.53. The average Bonchev–Trinajstić information content (AvgIpc) is 2.09. The lowest BCUT2D eigenvalue weighted by atomic mass is 10.0. The molecule has 66 valence electrons. The van der Waals surface area contributed by atoms with Gasteiger partial charge in [-0.15, -0.1) is 0 Å². The van der Waals surface area contributed by atoms with Gasteiger partial charge in [0.2, 0.25) is 0 Å². The summed E-state index contributed by atoms with van der Waals surface area (Å²) in [6.07, 6.45) is 3.69. The van der Waals surface area contributed by atoms with Gasteiger partial charge in [0.25, 0.3) is 0 Å². The van der Waals surface area contributed by atoms with Gasteiger partial charge in [-0.05, 0) is 24.0 Å². The zero-order valence-electron chi connectivity index (χ0n) is 7.59. The summed E-state index contributed by atoms with van der Waals surface area (Å²) >= 11 is 0. The second kappa shape index (κ2) is 3.43. The first-order valence-corrected chi connectivity index (χ1v) is 4.22. The summed E-state index contributed by atoms with van der Waals surface area (Å²) in [5.74, 6) is 0.448. The number of hydrogen-bond donors (Lipinski definition) is 2. The highest BCUT2D eigenvalue weighted by molar-refractivity contribution is 5.64. The fourth-order valence-electron chi connectivity index (χ4n) is 1.34. The number of rotatable bonds is 2. The third kappa shape index (κ3) is 1.35. The minimum absolute atomic E-state index is 0.448. The molecule has 1 rings (SSSR count). The van der Waals surface area contributed by atoms with Crippen LogP contribution in [0.15, 0.2) is 6.20 Å². The molecule has 1 aromatic heterocycles. The van der Waals surface area contributed by atoms with E-state index in [0.29, 0.717) is 11.5 Å². The van der Waals surface area contributed by atoms with Gasteiger partial charge in [0, 0.05) is 6.20 Å². The summed E-state index contributed by atoms with van der Waals surface area (Å²) < 4.78 is 0. The Morgan fingerprint density at radius 1 is 1.25 bits per heavy atom. The third-order valence-corrected chi connectivity index (χ3v) is 2.08. The molecule has 3 nitrogen and oxygen atoms in total. The molecule has 1 heterocycles. The van der Waals surface area contributed by atoms with E-state index in [1.54, 1.807) is 0 Å². The molecule has 0 aliphatic carbocycles. The molecular formula is C9H15N3. The van der Waals surface area contributed by atoms with E-state index >= 15 is 0 Å². The van der Waals surface area contributed by atoms with Crippen LogP contribution in [0, 0.1) is 0 Å². The maximum atomic E-state index is 5.78. The van der Waals surface area contributed by atoms with Gasteiger partial charge in [-0.2, -0.15) is 0 Å². The molecule has 0 saturated carbocycles. The second-order valence-electron chi connectivity index (χ2n) is 2.77. The van der Waals surface area contributed by atoms with Crippen LogP contribution in [0.3, 0.4) is 0 Å². The lowest BCUT2D eigenvalue weighted by Gasteiger charge is -2.09. The molecule has 12 heavy (non-hydrogen) atoms. The van der Waals surface area contributed by atoms with Crippen LogP contribution in [0.25, 0.3) is 0 Å². The Morgan fingerprint density at radius 2 is 1.92 bits per heavy atom. The molecule has 3 heteroatoms. The quantitative estimate of drug-likeness (QED) is 0.695. The van der Waals surface area contributed by atoms with Gasteiger partial charge in [-0.1, -0.05) is 13.8 Å². The second-order valence-corrected chi connectivity index (χ2v) is 2.77. The SMILES string of the molecule is CCc1cnc(N)c(N)c1CC. The molecule has 0 aromatic carbocycles. The van der Waals surface area contributed by atoms with Crippen LogP contribution < -0.4 is 11.5 Å². The summed E-state index contributed by atoms with van der Waals surface area (Å²) in [6.45, 7) is 4.16. The molecule has 0 amide bonds.